The van der Waals surface area contributed by atoms with Gasteiger partial charge in [-0.1, -0.05) is 37.0 Å². The van der Waals surface area contributed by atoms with Crippen molar-refractivity contribution in [3.63, 3.8) is 0 Å². The monoisotopic (exact) mass is 290 g/mol. The summed E-state index contributed by atoms with van der Waals surface area (Å²) in [7, 11) is 1.76. The lowest BCUT2D eigenvalue weighted by atomic mass is 9.93. The summed E-state index contributed by atoms with van der Waals surface area (Å²) in [4.78, 5) is 2.63. The Bertz CT molecular complexity index is 427. The molecule has 1 saturated carbocycles. The summed E-state index contributed by atoms with van der Waals surface area (Å²) >= 11 is 0. The molecule has 118 valence electrons. The molecule has 1 aliphatic rings. The van der Waals surface area contributed by atoms with Crippen LogP contribution in [0.3, 0.4) is 0 Å². The maximum absolute atomic E-state index is 5.73. The Balaban J connectivity index is 2.11. The zero-order chi connectivity index (χ0) is 15.1. The van der Waals surface area contributed by atoms with Crippen LogP contribution in [0.1, 0.15) is 49.7 Å². The molecule has 0 atom stereocenters. The number of ether oxygens (including phenoxy) is 1. The molecule has 3 nitrogen and oxygen atoms in total. The Hall–Kier alpha value is -1.06. The molecule has 1 aromatic rings. The molecule has 2 rings (SSSR count). The van der Waals surface area contributed by atoms with E-state index in [1.807, 2.05) is 0 Å². The first-order valence-electron chi connectivity index (χ1n) is 8.32. The number of methoxy groups -OCH3 is 1. The van der Waals surface area contributed by atoms with Crippen LogP contribution in [0.2, 0.25) is 0 Å². The van der Waals surface area contributed by atoms with Crippen molar-refractivity contribution in [1.82, 2.24) is 4.90 Å². The topological polar surface area (TPSA) is 38.5 Å². The summed E-state index contributed by atoms with van der Waals surface area (Å²) in [6.07, 6.45) is 7.88. The average molecular weight is 290 g/mol. The average Bonchev–Trinajstić information content (AvgIpc) is 2.52. The van der Waals surface area contributed by atoms with Gasteiger partial charge in [0.2, 0.25) is 0 Å². The molecule has 0 aliphatic heterocycles. The van der Waals surface area contributed by atoms with E-state index in [1.54, 1.807) is 7.11 Å². The van der Waals surface area contributed by atoms with E-state index in [1.165, 1.54) is 43.2 Å². The van der Waals surface area contributed by atoms with Gasteiger partial charge in [-0.2, -0.15) is 0 Å². The standard InChI is InChI=1S/C18H30N2O/c1-15-9-10-18(21-2)16(13-15)14-20(12-6-11-19)17-7-4-3-5-8-17/h9-10,13,17H,3-8,11-12,14,19H2,1-2H3. The Kier molecular flexibility index (Phi) is 6.52. The van der Waals surface area contributed by atoms with E-state index in [0.717, 1.165) is 37.8 Å². The lowest BCUT2D eigenvalue weighted by molar-refractivity contribution is 0.146. The van der Waals surface area contributed by atoms with Gasteiger partial charge < -0.3 is 10.5 Å². The molecular weight excluding hydrogens is 260 g/mol. The number of nitrogens with two attached hydrogens (primary N) is 1. The predicted octanol–water partition coefficient (Wildman–Crippen LogP) is 3.49. The van der Waals surface area contributed by atoms with Gasteiger partial charge in [0.1, 0.15) is 5.75 Å². The molecule has 0 aromatic heterocycles. The molecule has 2 N–H and O–H groups in total. The van der Waals surface area contributed by atoms with Crippen molar-refractivity contribution in [3.8, 4) is 5.75 Å². The Morgan fingerprint density at radius 1 is 1.24 bits per heavy atom. The molecule has 3 heteroatoms. The molecule has 1 aliphatic carbocycles. The van der Waals surface area contributed by atoms with E-state index in [-0.39, 0.29) is 0 Å². The van der Waals surface area contributed by atoms with Gasteiger partial charge in [0.05, 0.1) is 7.11 Å². The molecule has 0 heterocycles. The van der Waals surface area contributed by atoms with Crippen LogP contribution < -0.4 is 10.5 Å². The van der Waals surface area contributed by atoms with Crippen LogP contribution in [-0.4, -0.2) is 31.1 Å². The minimum Gasteiger partial charge on any atom is -0.496 e. The summed E-state index contributed by atoms with van der Waals surface area (Å²) in [6.45, 7) is 5.00. The second kappa shape index (κ2) is 8.40. The Labute approximate surface area is 129 Å². The highest BCUT2D eigenvalue weighted by Gasteiger charge is 2.21. The fourth-order valence-corrected chi connectivity index (χ4v) is 3.38. The number of aryl methyl sites for hydroxylation is 1. The first kappa shape index (κ1) is 16.3. The number of rotatable bonds is 7. The van der Waals surface area contributed by atoms with Crippen LogP contribution in [0.5, 0.6) is 5.75 Å². The Morgan fingerprint density at radius 2 is 2.00 bits per heavy atom. The second-order valence-corrected chi connectivity index (χ2v) is 6.22. The molecule has 0 unspecified atom stereocenters. The van der Waals surface area contributed by atoms with Crippen molar-refractivity contribution in [2.24, 2.45) is 5.73 Å². The molecule has 0 radical (unpaired) electrons. The zero-order valence-corrected chi connectivity index (χ0v) is 13.6. The van der Waals surface area contributed by atoms with Gasteiger partial charge in [-0.15, -0.1) is 0 Å². The molecule has 21 heavy (non-hydrogen) atoms. The van der Waals surface area contributed by atoms with Gasteiger partial charge in [-0.3, -0.25) is 4.90 Å². The largest absolute Gasteiger partial charge is 0.496 e. The highest BCUT2D eigenvalue weighted by atomic mass is 16.5. The van der Waals surface area contributed by atoms with E-state index in [2.05, 4.69) is 30.0 Å². The lowest BCUT2D eigenvalue weighted by Crippen LogP contribution is -2.37. The van der Waals surface area contributed by atoms with Crippen LogP contribution in [0.25, 0.3) is 0 Å². The van der Waals surface area contributed by atoms with Crippen LogP contribution in [-0.2, 0) is 6.54 Å². The predicted molar refractivity (Wildman–Crippen MR) is 88.7 cm³/mol. The maximum Gasteiger partial charge on any atom is 0.123 e. The van der Waals surface area contributed by atoms with Crippen LogP contribution in [0, 0.1) is 6.92 Å². The third-order valence-electron chi connectivity index (χ3n) is 4.55. The smallest absolute Gasteiger partial charge is 0.123 e. The molecule has 0 spiro atoms. The summed E-state index contributed by atoms with van der Waals surface area (Å²) in [6, 6.07) is 7.19. The molecule has 1 aromatic carbocycles. The number of benzene rings is 1. The van der Waals surface area contributed by atoms with Gasteiger partial charge >= 0.3 is 0 Å². The second-order valence-electron chi connectivity index (χ2n) is 6.22. The van der Waals surface area contributed by atoms with Crippen LogP contribution in [0.15, 0.2) is 18.2 Å². The maximum atomic E-state index is 5.73. The van der Waals surface area contributed by atoms with Crippen LogP contribution in [0.4, 0.5) is 0 Å². The van der Waals surface area contributed by atoms with Gasteiger partial charge in [0.15, 0.2) is 0 Å². The summed E-state index contributed by atoms with van der Waals surface area (Å²) in [5.41, 5.74) is 8.33. The van der Waals surface area contributed by atoms with Gasteiger partial charge in [0, 0.05) is 18.2 Å². The molecule has 1 fully saturated rings. The fraction of sp³-hybridized carbons (Fsp3) is 0.667. The van der Waals surface area contributed by atoms with E-state index >= 15 is 0 Å². The van der Waals surface area contributed by atoms with E-state index < -0.39 is 0 Å². The molecule has 0 bridgehead atoms. The molecular formula is C18H30N2O. The van der Waals surface area contributed by atoms with Crippen molar-refractivity contribution >= 4 is 0 Å². The number of hydrogen-bond acceptors (Lipinski definition) is 3. The van der Waals surface area contributed by atoms with Crippen LogP contribution >= 0.6 is 0 Å². The van der Waals surface area contributed by atoms with Crippen molar-refractivity contribution < 1.29 is 4.74 Å². The minimum atomic E-state index is 0.718. The zero-order valence-electron chi connectivity index (χ0n) is 13.6. The summed E-state index contributed by atoms with van der Waals surface area (Å²) in [5.74, 6) is 1.01. The van der Waals surface area contributed by atoms with Crippen molar-refractivity contribution in [2.75, 3.05) is 20.2 Å². The first-order valence-corrected chi connectivity index (χ1v) is 8.32. The normalized spacial score (nSPS) is 16.4. The van der Waals surface area contributed by atoms with E-state index in [0.29, 0.717) is 0 Å². The van der Waals surface area contributed by atoms with Gasteiger partial charge in [-0.25, -0.2) is 0 Å². The molecule has 0 amide bonds. The SMILES string of the molecule is COc1ccc(C)cc1CN(CCCN)C1CCCCC1. The van der Waals surface area contributed by atoms with E-state index in [9.17, 15) is 0 Å². The van der Waals surface area contributed by atoms with Crippen molar-refractivity contribution in [2.45, 2.75) is 58.0 Å². The highest BCUT2D eigenvalue weighted by Crippen LogP contribution is 2.27. The minimum absolute atomic E-state index is 0.718. The quantitative estimate of drug-likeness (QED) is 0.835. The summed E-state index contributed by atoms with van der Waals surface area (Å²) < 4.78 is 5.54. The first-order chi connectivity index (χ1) is 10.2. The third-order valence-corrected chi connectivity index (χ3v) is 4.55. The van der Waals surface area contributed by atoms with Crippen molar-refractivity contribution in [1.29, 1.82) is 0 Å². The number of nitrogens with zero attached hydrogens (tertiary/aromatic N) is 1. The molecule has 0 saturated heterocycles. The van der Waals surface area contributed by atoms with Gasteiger partial charge in [0.25, 0.3) is 0 Å². The Morgan fingerprint density at radius 3 is 2.67 bits per heavy atom. The van der Waals surface area contributed by atoms with E-state index in [4.69, 9.17) is 10.5 Å². The van der Waals surface area contributed by atoms with Crippen molar-refractivity contribution in [3.05, 3.63) is 29.3 Å². The highest BCUT2D eigenvalue weighted by molar-refractivity contribution is 5.36. The number of hydrogen-bond donors (Lipinski definition) is 1. The summed E-state index contributed by atoms with van der Waals surface area (Å²) in [5, 5.41) is 0. The lowest BCUT2D eigenvalue weighted by Gasteiger charge is -2.34. The fourth-order valence-electron chi connectivity index (χ4n) is 3.38. The van der Waals surface area contributed by atoms with Gasteiger partial charge in [-0.05, 0) is 45.3 Å². The third kappa shape index (κ3) is 4.72.